The van der Waals surface area contributed by atoms with Gasteiger partial charge in [-0.15, -0.1) is 0 Å². The van der Waals surface area contributed by atoms with Gasteiger partial charge in [-0.05, 0) is 50.6 Å². The van der Waals surface area contributed by atoms with Crippen LogP contribution in [0.15, 0.2) is 24.3 Å². The average molecular weight is 290 g/mol. The molecule has 3 atom stereocenters. The molecule has 0 aromatic heterocycles. The summed E-state index contributed by atoms with van der Waals surface area (Å²) in [6.07, 6.45) is 5.47. The third-order valence-electron chi connectivity index (χ3n) is 4.87. The molecule has 1 aromatic carbocycles. The van der Waals surface area contributed by atoms with Crippen molar-refractivity contribution >= 4 is 0 Å². The Hall–Kier alpha value is -1.06. The number of hydrogen-bond acceptors (Lipinski definition) is 3. The van der Waals surface area contributed by atoms with Gasteiger partial charge in [0.05, 0.1) is 7.11 Å². The summed E-state index contributed by atoms with van der Waals surface area (Å²) < 4.78 is 5.24. The van der Waals surface area contributed by atoms with Gasteiger partial charge in [-0.3, -0.25) is 0 Å². The molecule has 1 fully saturated rings. The lowest BCUT2D eigenvalue weighted by molar-refractivity contribution is 0.152. The van der Waals surface area contributed by atoms with Gasteiger partial charge in [-0.2, -0.15) is 0 Å². The predicted molar refractivity (Wildman–Crippen MR) is 88.8 cm³/mol. The average Bonchev–Trinajstić information content (AvgIpc) is 2.52. The molecule has 3 heteroatoms. The summed E-state index contributed by atoms with van der Waals surface area (Å²) in [4.78, 5) is 2.54. The van der Waals surface area contributed by atoms with Crippen LogP contribution in [0.1, 0.15) is 44.2 Å². The number of benzene rings is 1. The second kappa shape index (κ2) is 7.81. The van der Waals surface area contributed by atoms with Crippen molar-refractivity contribution in [3.8, 4) is 5.75 Å². The van der Waals surface area contributed by atoms with Crippen molar-refractivity contribution in [3.63, 3.8) is 0 Å². The molecule has 21 heavy (non-hydrogen) atoms. The summed E-state index contributed by atoms with van der Waals surface area (Å²) in [5.41, 5.74) is 1.33. The molecule has 0 saturated heterocycles. The maximum absolute atomic E-state index is 5.24. The summed E-state index contributed by atoms with van der Waals surface area (Å²) in [5, 5.41) is 3.45. The van der Waals surface area contributed by atoms with Gasteiger partial charge in [-0.1, -0.05) is 31.9 Å². The fourth-order valence-corrected chi connectivity index (χ4v) is 3.44. The molecular formula is C18H30N2O. The highest BCUT2D eigenvalue weighted by Crippen LogP contribution is 2.28. The van der Waals surface area contributed by atoms with Crippen molar-refractivity contribution in [2.24, 2.45) is 5.92 Å². The molecule has 0 amide bonds. The van der Waals surface area contributed by atoms with Crippen LogP contribution in [-0.2, 0) is 0 Å². The van der Waals surface area contributed by atoms with Crippen molar-refractivity contribution < 1.29 is 4.74 Å². The number of likely N-dealkylation sites (N-methyl/N-ethyl adjacent to an activating group) is 2. The highest BCUT2D eigenvalue weighted by molar-refractivity contribution is 5.29. The molecule has 1 saturated carbocycles. The third kappa shape index (κ3) is 4.45. The van der Waals surface area contributed by atoms with E-state index in [0.29, 0.717) is 6.04 Å². The van der Waals surface area contributed by atoms with Crippen molar-refractivity contribution in [3.05, 3.63) is 29.8 Å². The van der Waals surface area contributed by atoms with Crippen LogP contribution in [0.2, 0.25) is 0 Å². The fraction of sp³-hybridized carbons (Fsp3) is 0.667. The number of rotatable bonds is 6. The molecule has 1 N–H and O–H groups in total. The minimum Gasteiger partial charge on any atom is -0.497 e. The van der Waals surface area contributed by atoms with Crippen LogP contribution in [-0.4, -0.2) is 38.7 Å². The Balaban J connectivity index is 1.97. The van der Waals surface area contributed by atoms with Crippen molar-refractivity contribution in [2.45, 2.75) is 44.7 Å². The van der Waals surface area contributed by atoms with E-state index < -0.39 is 0 Å². The van der Waals surface area contributed by atoms with Crippen LogP contribution in [0, 0.1) is 5.92 Å². The summed E-state index contributed by atoms with van der Waals surface area (Å²) in [5.74, 6) is 1.79. The highest BCUT2D eigenvalue weighted by Gasteiger charge is 2.24. The van der Waals surface area contributed by atoms with Crippen LogP contribution in [0.5, 0.6) is 5.75 Å². The van der Waals surface area contributed by atoms with E-state index in [-0.39, 0.29) is 0 Å². The first kappa shape index (κ1) is 16.3. The quantitative estimate of drug-likeness (QED) is 0.868. The summed E-state index contributed by atoms with van der Waals surface area (Å²) >= 11 is 0. The van der Waals surface area contributed by atoms with E-state index >= 15 is 0 Å². The normalized spacial score (nSPS) is 24.0. The second-order valence-corrected chi connectivity index (χ2v) is 6.48. The molecule has 0 bridgehead atoms. The monoisotopic (exact) mass is 290 g/mol. The standard InChI is InChI=1S/C18H30N2O/c1-14-6-5-7-16(12-14)20(3)13-18(19-2)15-8-10-17(21-4)11-9-15/h8-11,14,16,18-19H,5-7,12-13H2,1-4H3. The molecule has 118 valence electrons. The van der Waals surface area contributed by atoms with Gasteiger partial charge in [0.25, 0.3) is 0 Å². The van der Waals surface area contributed by atoms with Crippen LogP contribution >= 0.6 is 0 Å². The van der Waals surface area contributed by atoms with Crippen LogP contribution in [0.25, 0.3) is 0 Å². The maximum atomic E-state index is 5.24. The highest BCUT2D eigenvalue weighted by atomic mass is 16.5. The molecule has 3 unspecified atom stereocenters. The van der Waals surface area contributed by atoms with E-state index in [0.717, 1.165) is 24.3 Å². The summed E-state index contributed by atoms with van der Waals surface area (Å²) in [6, 6.07) is 9.53. The molecule has 0 heterocycles. The summed E-state index contributed by atoms with van der Waals surface area (Å²) in [6.45, 7) is 3.44. The first-order valence-electron chi connectivity index (χ1n) is 8.15. The van der Waals surface area contributed by atoms with Gasteiger partial charge in [0.2, 0.25) is 0 Å². The van der Waals surface area contributed by atoms with Gasteiger partial charge in [0.1, 0.15) is 5.75 Å². The Kier molecular flexibility index (Phi) is 6.07. The number of nitrogens with one attached hydrogen (secondary N) is 1. The third-order valence-corrected chi connectivity index (χ3v) is 4.87. The van der Waals surface area contributed by atoms with E-state index in [1.165, 1.54) is 31.2 Å². The number of hydrogen-bond donors (Lipinski definition) is 1. The molecule has 1 aromatic rings. The minimum atomic E-state index is 0.373. The summed E-state index contributed by atoms with van der Waals surface area (Å²) in [7, 11) is 6.03. The number of nitrogens with zero attached hydrogens (tertiary/aromatic N) is 1. The molecule has 2 rings (SSSR count). The zero-order chi connectivity index (χ0) is 15.2. The van der Waals surface area contributed by atoms with Gasteiger partial charge in [0, 0.05) is 18.6 Å². The van der Waals surface area contributed by atoms with Crippen LogP contribution < -0.4 is 10.1 Å². The zero-order valence-corrected chi connectivity index (χ0v) is 13.9. The van der Waals surface area contributed by atoms with E-state index in [1.54, 1.807) is 7.11 Å². The van der Waals surface area contributed by atoms with Crippen molar-refractivity contribution in [1.82, 2.24) is 10.2 Å². The lowest BCUT2D eigenvalue weighted by Gasteiger charge is -2.36. The molecule has 1 aliphatic carbocycles. The predicted octanol–water partition coefficient (Wildman–Crippen LogP) is 3.47. The van der Waals surface area contributed by atoms with Gasteiger partial charge in [-0.25, -0.2) is 0 Å². The smallest absolute Gasteiger partial charge is 0.118 e. The maximum Gasteiger partial charge on any atom is 0.118 e. The van der Waals surface area contributed by atoms with Crippen LogP contribution in [0.3, 0.4) is 0 Å². The molecule has 0 spiro atoms. The first-order valence-corrected chi connectivity index (χ1v) is 8.15. The fourth-order valence-electron chi connectivity index (χ4n) is 3.44. The van der Waals surface area contributed by atoms with E-state index in [1.807, 2.05) is 19.2 Å². The van der Waals surface area contributed by atoms with Crippen molar-refractivity contribution in [2.75, 3.05) is 27.7 Å². The van der Waals surface area contributed by atoms with Crippen molar-refractivity contribution in [1.29, 1.82) is 0 Å². The second-order valence-electron chi connectivity index (χ2n) is 6.48. The van der Waals surface area contributed by atoms with Gasteiger partial charge >= 0.3 is 0 Å². The molecule has 0 aliphatic heterocycles. The van der Waals surface area contributed by atoms with Gasteiger partial charge < -0.3 is 15.0 Å². The minimum absolute atomic E-state index is 0.373. The Labute approximate surface area is 129 Å². The van der Waals surface area contributed by atoms with E-state index in [9.17, 15) is 0 Å². The molecule has 3 nitrogen and oxygen atoms in total. The lowest BCUT2D eigenvalue weighted by atomic mass is 9.86. The molecular weight excluding hydrogens is 260 g/mol. The topological polar surface area (TPSA) is 24.5 Å². The largest absolute Gasteiger partial charge is 0.497 e. The Morgan fingerprint density at radius 3 is 2.57 bits per heavy atom. The Morgan fingerprint density at radius 1 is 1.29 bits per heavy atom. The zero-order valence-electron chi connectivity index (χ0n) is 13.9. The Morgan fingerprint density at radius 2 is 2.00 bits per heavy atom. The molecule has 0 radical (unpaired) electrons. The SMILES string of the molecule is CNC(CN(C)C1CCCC(C)C1)c1ccc(OC)cc1. The number of methoxy groups -OCH3 is 1. The Bertz CT molecular complexity index is 418. The first-order chi connectivity index (χ1) is 10.1. The number of ether oxygens (including phenoxy) is 1. The van der Waals surface area contributed by atoms with E-state index in [4.69, 9.17) is 4.74 Å². The van der Waals surface area contributed by atoms with Crippen LogP contribution in [0.4, 0.5) is 0 Å². The lowest BCUT2D eigenvalue weighted by Crippen LogP contribution is -2.40. The van der Waals surface area contributed by atoms with E-state index in [2.05, 4.69) is 36.3 Å². The van der Waals surface area contributed by atoms with Gasteiger partial charge in [0.15, 0.2) is 0 Å². The molecule has 1 aliphatic rings.